The first-order chi connectivity index (χ1) is 9.92. The monoisotopic (exact) mass is 302 g/mol. The summed E-state index contributed by atoms with van der Waals surface area (Å²) in [5, 5.41) is 2.56. The molecule has 0 atom stereocenters. The van der Waals surface area contributed by atoms with E-state index in [2.05, 4.69) is 5.32 Å². The second-order valence-electron chi connectivity index (χ2n) is 4.95. The van der Waals surface area contributed by atoms with Gasteiger partial charge in [0, 0.05) is 12.1 Å². The molecule has 1 aromatic rings. The van der Waals surface area contributed by atoms with Gasteiger partial charge >= 0.3 is 6.18 Å². The van der Waals surface area contributed by atoms with Crippen LogP contribution in [-0.4, -0.2) is 18.6 Å². The lowest BCUT2D eigenvalue weighted by molar-refractivity contribution is -0.127. The summed E-state index contributed by atoms with van der Waals surface area (Å²) in [5.74, 6) is -0.252. The summed E-state index contributed by atoms with van der Waals surface area (Å²) >= 11 is 0. The van der Waals surface area contributed by atoms with Gasteiger partial charge in [0.2, 0.25) is 5.91 Å². The molecule has 0 heterocycles. The van der Waals surface area contributed by atoms with Gasteiger partial charge in [-0.2, -0.15) is 13.2 Å². The molecule has 0 spiro atoms. The van der Waals surface area contributed by atoms with E-state index >= 15 is 0 Å². The molecule has 118 valence electrons. The van der Waals surface area contributed by atoms with Gasteiger partial charge in [0.05, 0.1) is 6.42 Å². The Balaban J connectivity index is 2.48. The molecule has 21 heavy (non-hydrogen) atoms. The van der Waals surface area contributed by atoms with E-state index in [-0.39, 0.29) is 17.2 Å². The summed E-state index contributed by atoms with van der Waals surface area (Å²) in [4.78, 5) is 11.7. The molecular weight excluding hydrogens is 281 g/mol. The number of nitrogens with two attached hydrogens (primary N) is 1. The van der Waals surface area contributed by atoms with Crippen LogP contribution in [0.2, 0.25) is 0 Å². The Hall–Kier alpha value is -1.56. The van der Waals surface area contributed by atoms with Crippen molar-refractivity contribution in [2.24, 2.45) is 5.73 Å². The highest BCUT2D eigenvalue weighted by Gasteiger charge is 2.28. The van der Waals surface area contributed by atoms with Gasteiger partial charge in [-0.15, -0.1) is 0 Å². The molecule has 1 amide bonds. The fourth-order valence-electron chi connectivity index (χ4n) is 2.01. The normalized spacial score (nSPS) is 11.4. The van der Waals surface area contributed by atoms with E-state index in [0.29, 0.717) is 19.4 Å². The number of anilines is 1. The van der Waals surface area contributed by atoms with Crippen molar-refractivity contribution < 1.29 is 18.0 Å². The van der Waals surface area contributed by atoms with Gasteiger partial charge in [-0.05, 0) is 31.0 Å². The maximum absolute atomic E-state index is 12.5. The number of carbonyl (C=O) groups is 1. The van der Waals surface area contributed by atoms with Gasteiger partial charge < -0.3 is 11.1 Å². The molecular formula is C15H21F3N2O. The summed E-state index contributed by atoms with van der Waals surface area (Å²) in [6.07, 6.45) is -1.51. The Morgan fingerprint density at radius 2 is 1.76 bits per heavy atom. The van der Waals surface area contributed by atoms with Gasteiger partial charge in [-0.3, -0.25) is 4.79 Å². The van der Waals surface area contributed by atoms with Gasteiger partial charge in [0.1, 0.15) is 0 Å². The van der Waals surface area contributed by atoms with Gasteiger partial charge in [-0.25, -0.2) is 0 Å². The Morgan fingerprint density at radius 1 is 1.10 bits per heavy atom. The average molecular weight is 302 g/mol. The summed E-state index contributed by atoms with van der Waals surface area (Å²) in [7, 11) is 0. The number of rotatable bonds is 8. The number of nitrogens with one attached hydrogen (secondary N) is 1. The number of hydrogen-bond acceptors (Lipinski definition) is 2. The van der Waals surface area contributed by atoms with Crippen molar-refractivity contribution in [1.82, 2.24) is 0 Å². The van der Waals surface area contributed by atoms with Crippen LogP contribution in [-0.2, 0) is 11.2 Å². The van der Waals surface area contributed by atoms with Crippen LogP contribution in [0.4, 0.5) is 18.9 Å². The maximum Gasteiger partial charge on any atom is 0.393 e. The molecule has 0 saturated carbocycles. The van der Waals surface area contributed by atoms with E-state index in [1.165, 1.54) is 18.2 Å². The molecule has 1 rings (SSSR count). The topological polar surface area (TPSA) is 55.1 Å². The number of para-hydroxylation sites is 1. The Labute approximate surface area is 122 Å². The number of benzene rings is 1. The molecule has 3 nitrogen and oxygen atoms in total. The van der Waals surface area contributed by atoms with Crippen LogP contribution in [0, 0.1) is 0 Å². The quantitative estimate of drug-likeness (QED) is 0.720. The molecule has 0 aliphatic carbocycles. The van der Waals surface area contributed by atoms with Crippen LogP contribution < -0.4 is 11.1 Å². The standard InChI is InChI=1S/C15H21F3N2O/c16-15(17,18)11-12-7-4-5-8-13(12)20-14(21)9-3-1-2-6-10-19/h4-5,7-8H,1-3,6,9-11,19H2,(H,20,21). The minimum Gasteiger partial charge on any atom is -0.330 e. The van der Waals surface area contributed by atoms with Crippen molar-refractivity contribution in [3.05, 3.63) is 29.8 Å². The van der Waals surface area contributed by atoms with E-state index < -0.39 is 12.6 Å². The summed E-state index contributed by atoms with van der Waals surface area (Å²) in [5.41, 5.74) is 5.69. The third-order valence-electron chi connectivity index (χ3n) is 3.04. The minimum absolute atomic E-state index is 0.0847. The highest BCUT2D eigenvalue weighted by atomic mass is 19.4. The molecule has 0 saturated heterocycles. The fraction of sp³-hybridized carbons (Fsp3) is 0.533. The molecule has 0 unspecified atom stereocenters. The third-order valence-corrected chi connectivity index (χ3v) is 3.04. The summed E-state index contributed by atoms with van der Waals surface area (Å²) < 4.78 is 37.4. The zero-order valence-electron chi connectivity index (χ0n) is 11.9. The van der Waals surface area contributed by atoms with E-state index in [9.17, 15) is 18.0 Å². The molecule has 0 fully saturated rings. The molecule has 3 N–H and O–H groups in total. The predicted octanol–water partition coefficient (Wildman–Crippen LogP) is 3.64. The fourth-order valence-corrected chi connectivity index (χ4v) is 2.01. The second kappa shape index (κ2) is 8.67. The number of amides is 1. The first-order valence-corrected chi connectivity index (χ1v) is 7.07. The van der Waals surface area contributed by atoms with Crippen LogP contribution in [0.25, 0.3) is 0 Å². The van der Waals surface area contributed by atoms with Crippen molar-refractivity contribution >= 4 is 11.6 Å². The van der Waals surface area contributed by atoms with Crippen molar-refractivity contribution in [2.45, 2.75) is 44.7 Å². The van der Waals surface area contributed by atoms with Gasteiger partial charge in [-0.1, -0.05) is 31.0 Å². The molecule has 0 aliphatic rings. The number of alkyl halides is 3. The lowest BCUT2D eigenvalue weighted by Crippen LogP contribution is -2.16. The van der Waals surface area contributed by atoms with Crippen LogP contribution in [0.15, 0.2) is 24.3 Å². The van der Waals surface area contributed by atoms with E-state index in [4.69, 9.17) is 5.73 Å². The molecule has 0 aliphatic heterocycles. The number of hydrogen-bond donors (Lipinski definition) is 2. The molecule has 0 bridgehead atoms. The molecule has 1 aromatic carbocycles. The van der Waals surface area contributed by atoms with Gasteiger partial charge in [0.15, 0.2) is 0 Å². The number of carbonyl (C=O) groups excluding carboxylic acids is 1. The van der Waals surface area contributed by atoms with Crippen molar-refractivity contribution in [3.63, 3.8) is 0 Å². The van der Waals surface area contributed by atoms with Crippen molar-refractivity contribution in [3.8, 4) is 0 Å². The lowest BCUT2D eigenvalue weighted by Gasteiger charge is -2.12. The van der Waals surface area contributed by atoms with Crippen molar-refractivity contribution in [2.75, 3.05) is 11.9 Å². The molecule has 6 heteroatoms. The zero-order valence-corrected chi connectivity index (χ0v) is 11.9. The SMILES string of the molecule is NCCCCCCC(=O)Nc1ccccc1CC(F)(F)F. The number of unbranched alkanes of at least 4 members (excludes halogenated alkanes) is 3. The first-order valence-electron chi connectivity index (χ1n) is 7.07. The minimum atomic E-state index is -4.29. The Morgan fingerprint density at radius 3 is 2.43 bits per heavy atom. The van der Waals surface area contributed by atoms with Crippen LogP contribution in [0.5, 0.6) is 0 Å². The smallest absolute Gasteiger partial charge is 0.330 e. The largest absolute Gasteiger partial charge is 0.393 e. The highest BCUT2D eigenvalue weighted by molar-refractivity contribution is 5.91. The Bertz CT molecular complexity index is 447. The highest BCUT2D eigenvalue weighted by Crippen LogP contribution is 2.26. The maximum atomic E-state index is 12.5. The molecule has 0 aromatic heterocycles. The Kier molecular flexibility index (Phi) is 7.22. The first kappa shape index (κ1) is 17.5. The predicted molar refractivity (Wildman–Crippen MR) is 77.0 cm³/mol. The molecule has 0 radical (unpaired) electrons. The van der Waals surface area contributed by atoms with Gasteiger partial charge in [0.25, 0.3) is 0 Å². The summed E-state index contributed by atoms with van der Waals surface area (Å²) in [6.45, 7) is 0.636. The van der Waals surface area contributed by atoms with E-state index in [0.717, 1.165) is 19.3 Å². The van der Waals surface area contributed by atoms with Crippen LogP contribution in [0.1, 0.15) is 37.7 Å². The summed E-state index contributed by atoms with van der Waals surface area (Å²) in [6, 6.07) is 6.01. The third kappa shape index (κ3) is 7.70. The number of halogens is 3. The second-order valence-corrected chi connectivity index (χ2v) is 4.95. The van der Waals surface area contributed by atoms with E-state index in [1.54, 1.807) is 6.07 Å². The van der Waals surface area contributed by atoms with Crippen LogP contribution >= 0.6 is 0 Å². The zero-order chi connectivity index (χ0) is 15.7. The average Bonchev–Trinajstić information content (AvgIpc) is 2.39. The van der Waals surface area contributed by atoms with Crippen LogP contribution in [0.3, 0.4) is 0 Å². The van der Waals surface area contributed by atoms with E-state index in [1.807, 2.05) is 0 Å². The lowest BCUT2D eigenvalue weighted by atomic mass is 10.1. The van der Waals surface area contributed by atoms with Crippen molar-refractivity contribution in [1.29, 1.82) is 0 Å².